The first-order chi connectivity index (χ1) is 7.47. The Labute approximate surface area is 94.8 Å². The van der Waals surface area contributed by atoms with Crippen LogP contribution in [-0.4, -0.2) is 16.0 Å². The third-order valence-electron chi connectivity index (χ3n) is 1.86. The van der Waals surface area contributed by atoms with E-state index in [-0.39, 0.29) is 16.1 Å². The van der Waals surface area contributed by atoms with Crippen LogP contribution in [0.4, 0.5) is 5.69 Å². The summed E-state index contributed by atoms with van der Waals surface area (Å²) in [4.78, 5) is 20.4. The van der Waals surface area contributed by atoms with E-state index in [9.17, 15) is 14.9 Å². The van der Waals surface area contributed by atoms with Gasteiger partial charge in [0.2, 0.25) is 0 Å². The number of nitro groups is 1. The molecule has 0 fully saturated rings. The first-order valence-electron chi connectivity index (χ1n) is 4.05. The Bertz CT molecular complexity index is 507. The van der Waals surface area contributed by atoms with Crippen LogP contribution in [0.1, 0.15) is 11.1 Å². The fourth-order valence-corrected chi connectivity index (χ4v) is 1.46. The largest absolute Gasteiger partial charge is 0.481 e. The molecule has 1 aromatic carbocycles. The highest BCUT2D eigenvalue weighted by molar-refractivity contribution is 6.33. The molecular weight excluding hydrogens is 236 g/mol. The zero-order valence-corrected chi connectivity index (χ0v) is 8.56. The summed E-state index contributed by atoms with van der Waals surface area (Å²) >= 11 is 5.71. The molecule has 0 atom stereocenters. The molecule has 0 heterocycles. The van der Waals surface area contributed by atoms with Crippen molar-refractivity contribution in [3.63, 3.8) is 0 Å². The van der Waals surface area contributed by atoms with E-state index in [1.54, 1.807) is 6.07 Å². The monoisotopic (exact) mass is 240 g/mol. The predicted octanol–water partition coefficient (Wildman–Crippen LogP) is 1.75. The fraction of sp³-hybridized carbons (Fsp3) is 0.111. The second kappa shape index (κ2) is 4.59. The Kier molecular flexibility index (Phi) is 3.43. The molecule has 0 aliphatic rings. The zero-order valence-electron chi connectivity index (χ0n) is 7.81. The highest BCUT2D eigenvalue weighted by Crippen LogP contribution is 2.29. The lowest BCUT2D eigenvalue weighted by molar-refractivity contribution is -0.385. The molecule has 6 nitrogen and oxygen atoms in total. The maximum Gasteiger partial charge on any atom is 0.308 e. The minimum Gasteiger partial charge on any atom is -0.481 e. The molecule has 0 aliphatic heterocycles. The van der Waals surface area contributed by atoms with Gasteiger partial charge in [0.05, 0.1) is 27.5 Å². The van der Waals surface area contributed by atoms with Crippen molar-refractivity contribution in [1.29, 1.82) is 5.26 Å². The van der Waals surface area contributed by atoms with Crippen LogP contribution in [0.5, 0.6) is 0 Å². The third-order valence-corrected chi connectivity index (χ3v) is 2.30. The summed E-state index contributed by atoms with van der Waals surface area (Å²) in [5, 5.41) is 27.7. The molecule has 0 radical (unpaired) electrons. The van der Waals surface area contributed by atoms with Gasteiger partial charge in [-0.15, -0.1) is 0 Å². The summed E-state index contributed by atoms with van der Waals surface area (Å²) < 4.78 is 0. The molecule has 1 N–H and O–H groups in total. The van der Waals surface area contributed by atoms with Gasteiger partial charge in [-0.25, -0.2) is 0 Å². The van der Waals surface area contributed by atoms with Crippen molar-refractivity contribution < 1.29 is 14.8 Å². The number of aliphatic carboxylic acids is 1. The number of nitrogens with zero attached hydrogens (tertiary/aromatic N) is 2. The fourth-order valence-electron chi connectivity index (χ4n) is 1.19. The number of carbonyl (C=O) groups is 1. The van der Waals surface area contributed by atoms with Crippen molar-refractivity contribution in [3.8, 4) is 6.07 Å². The Morgan fingerprint density at radius 2 is 2.25 bits per heavy atom. The van der Waals surface area contributed by atoms with E-state index in [0.29, 0.717) is 0 Å². The van der Waals surface area contributed by atoms with Gasteiger partial charge in [0.15, 0.2) is 0 Å². The molecule has 0 saturated carbocycles. The summed E-state index contributed by atoms with van der Waals surface area (Å²) in [6, 6.07) is 3.99. The third kappa shape index (κ3) is 2.27. The highest BCUT2D eigenvalue weighted by Gasteiger charge is 2.21. The number of nitro benzene ring substituents is 1. The molecule has 0 saturated heterocycles. The number of hydrogen-bond donors (Lipinski definition) is 1. The average Bonchev–Trinajstić information content (AvgIpc) is 2.19. The van der Waals surface area contributed by atoms with E-state index in [1.807, 2.05) is 0 Å². The van der Waals surface area contributed by atoms with Crippen molar-refractivity contribution in [1.82, 2.24) is 0 Å². The topological polar surface area (TPSA) is 104 Å². The molecule has 0 amide bonds. The quantitative estimate of drug-likeness (QED) is 0.640. The normalized spacial score (nSPS) is 9.50. The van der Waals surface area contributed by atoms with Crippen molar-refractivity contribution in [2.75, 3.05) is 0 Å². The van der Waals surface area contributed by atoms with E-state index in [4.69, 9.17) is 22.0 Å². The van der Waals surface area contributed by atoms with Crippen LogP contribution in [0, 0.1) is 21.4 Å². The lowest BCUT2D eigenvalue weighted by Crippen LogP contribution is -2.05. The molecule has 82 valence electrons. The maximum absolute atomic E-state index is 10.6. The molecule has 7 heteroatoms. The molecule has 1 aromatic rings. The number of rotatable bonds is 3. The SMILES string of the molecule is N#Cc1ccc([N+](=O)[O-])c(CC(=O)O)c1Cl. The Hall–Kier alpha value is -2.13. The van der Waals surface area contributed by atoms with Crippen LogP contribution in [0.15, 0.2) is 12.1 Å². The van der Waals surface area contributed by atoms with E-state index in [0.717, 1.165) is 6.07 Å². The number of nitriles is 1. The van der Waals surface area contributed by atoms with E-state index in [2.05, 4.69) is 0 Å². The van der Waals surface area contributed by atoms with Crippen LogP contribution in [0.3, 0.4) is 0 Å². The number of carboxylic acids is 1. The zero-order chi connectivity index (χ0) is 12.3. The standard InChI is InChI=1S/C9H5ClN2O4/c10-9-5(4-11)1-2-7(12(15)16)6(9)3-8(13)14/h1-2H,3H2,(H,13,14). The first kappa shape index (κ1) is 11.9. The molecule has 0 bridgehead atoms. The van der Waals surface area contributed by atoms with E-state index in [1.165, 1.54) is 6.07 Å². The molecule has 1 rings (SSSR count). The lowest BCUT2D eigenvalue weighted by Gasteiger charge is -2.03. The lowest BCUT2D eigenvalue weighted by atomic mass is 10.1. The van der Waals surface area contributed by atoms with Crippen LogP contribution in [0.2, 0.25) is 5.02 Å². The van der Waals surface area contributed by atoms with Crippen molar-refractivity contribution in [2.45, 2.75) is 6.42 Å². The molecule has 0 spiro atoms. The maximum atomic E-state index is 10.6. The summed E-state index contributed by atoms with van der Waals surface area (Å²) in [7, 11) is 0. The molecule has 0 unspecified atom stereocenters. The van der Waals surface area contributed by atoms with E-state index >= 15 is 0 Å². The first-order valence-corrected chi connectivity index (χ1v) is 4.42. The Morgan fingerprint density at radius 3 is 2.69 bits per heavy atom. The number of hydrogen-bond acceptors (Lipinski definition) is 4. The van der Waals surface area contributed by atoms with Gasteiger partial charge in [0, 0.05) is 6.07 Å². The van der Waals surface area contributed by atoms with Gasteiger partial charge in [-0.1, -0.05) is 11.6 Å². The number of carboxylic acid groups (broad SMARTS) is 1. The van der Waals surface area contributed by atoms with E-state index < -0.39 is 23.0 Å². The van der Waals surface area contributed by atoms with Crippen LogP contribution in [-0.2, 0) is 11.2 Å². The van der Waals surface area contributed by atoms with Crippen LogP contribution < -0.4 is 0 Å². The minimum atomic E-state index is -1.25. The summed E-state index contributed by atoms with van der Waals surface area (Å²) in [6.07, 6.45) is -0.593. The highest BCUT2D eigenvalue weighted by atomic mass is 35.5. The summed E-state index contributed by atoms with van der Waals surface area (Å²) in [6.45, 7) is 0. The van der Waals surface area contributed by atoms with Gasteiger partial charge in [0.25, 0.3) is 5.69 Å². The average molecular weight is 241 g/mol. The summed E-state index contributed by atoms with van der Waals surface area (Å²) in [5.41, 5.74) is -0.534. The Morgan fingerprint density at radius 1 is 1.62 bits per heavy atom. The van der Waals surface area contributed by atoms with Crippen molar-refractivity contribution >= 4 is 23.3 Å². The van der Waals surface area contributed by atoms with Gasteiger partial charge < -0.3 is 5.11 Å². The van der Waals surface area contributed by atoms with Crippen molar-refractivity contribution in [2.24, 2.45) is 0 Å². The van der Waals surface area contributed by atoms with Gasteiger partial charge in [-0.05, 0) is 6.07 Å². The predicted molar refractivity (Wildman–Crippen MR) is 54.2 cm³/mol. The number of halogens is 1. The van der Waals surface area contributed by atoms with Crippen LogP contribution in [0.25, 0.3) is 0 Å². The van der Waals surface area contributed by atoms with Gasteiger partial charge in [0.1, 0.15) is 6.07 Å². The molecular formula is C9H5ClN2O4. The molecule has 0 aromatic heterocycles. The van der Waals surface area contributed by atoms with Gasteiger partial charge >= 0.3 is 5.97 Å². The number of benzene rings is 1. The van der Waals surface area contributed by atoms with Gasteiger partial charge in [-0.3, -0.25) is 14.9 Å². The molecule has 0 aliphatic carbocycles. The second-order valence-corrected chi connectivity index (χ2v) is 3.24. The summed E-state index contributed by atoms with van der Waals surface area (Å²) in [5.74, 6) is -1.25. The second-order valence-electron chi connectivity index (χ2n) is 2.86. The smallest absolute Gasteiger partial charge is 0.308 e. The van der Waals surface area contributed by atoms with Gasteiger partial charge in [-0.2, -0.15) is 5.26 Å². The minimum absolute atomic E-state index is 0.0171. The van der Waals surface area contributed by atoms with Crippen LogP contribution >= 0.6 is 11.6 Å². The van der Waals surface area contributed by atoms with Crippen molar-refractivity contribution in [3.05, 3.63) is 38.4 Å². The molecule has 16 heavy (non-hydrogen) atoms. The Balaban J connectivity index is 3.43.